The van der Waals surface area contributed by atoms with E-state index in [4.69, 9.17) is 11.5 Å². The standard InChI is InChI=1S/C20H30N4OS/c1-19(2,3)13-9-11(10-14(15(13)25)20(4,5)6)8-12-16(21)23-18(22)24-17(12)26-7/h9-10,25H,8H2,1-7H3,(H4,21,22,23,24). The van der Waals surface area contributed by atoms with Crippen molar-refractivity contribution in [1.82, 2.24) is 9.97 Å². The fraction of sp³-hybridized carbons (Fsp3) is 0.500. The number of anilines is 2. The van der Waals surface area contributed by atoms with Gasteiger partial charge in [-0.1, -0.05) is 53.7 Å². The molecule has 0 amide bonds. The molecule has 0 saturated heterocycles. The Balaban J connectivity index is 2.65. The van der Waals surface area contributed by atoms with Crippen molar-refractivity contribution in [2.45, 2.75) is 63.8 Å². The average molecular weight is 375 g/mol. The van der Waals surface area contributed by atoms with Crippen LogP contribution in [0.15, 0.2) is 17.2 Å². The van der Waals surface area contributed by atoms with Crippen molar-refractivity contribution in [3.05, 3.63) is 34.4 Å². The molecule has 0 aliphatic rings. The van der Waals surface area contributed by atoms with E-state index in [9.17, 15) is 5.11 Å². The molecule has 0 saturated carbocycles. The second kappa shape index (κ2) is 6.99. The zero-order valence-corrected chi connectivity index (χ0v) is 17.6. The molecular formula is C20H30N4OS. The topological polar surface area (TPSA) is 98.0 Å². The van der Waals surface area contributed by atoms with Gasteiger partial charge >= 0.3 is 0 Å². The predicted octanol–water partition coefficient (Wildman–Crippen LogP) is 4.25. The van der Waals surface area contributed by atoms with E-state index >= 15 is 0 Å². The third-order valence-electron chi connectivity index (χ3n) is 4.38. The molecule has 0 bridgehead atoms. The second-order valence-electron chi connectivity index (χ2n) is 8.67. The minimum absolute atomic E-state index is 0.175. The third-order valence-corrected chi connectivity index (χ3v) is 5.10. The van der Waals surface area contributed by atoms with Crippen LogP contribution in [0.3, 0.4) is 0 Å². The summed E-state index contributed by atoms with van der Waals surface area (Å²) in [6.45, 7) is 12.6. The molecule has 0 spiro atoms. The van der Waals surface area contributed by atoms with Crippen LogP contribution >= 0.6 is 11.8 Å². The van der Waals surface area contributed by atoms with Crippen molar-refractivity contribution in [3.63, 3.8) is 0 Å². The van der Waals surface area contributed by atoms with Crippen molar-refractivity contribution in [2.24, 2.45) is 0 Å². The van der Waals surface area contributed by atoms with Gasteiger partial charge in [-0.2, -0.15) is 4.98 Å². The summed E-state index contributed by atoms with van der Waals surface area (Å²) in [5.74, 6) is 0.969. The number of nitrogens with zero attached hydrogens (tertiary/aromatic N) is 2. The predicted molar refractivity (Wildman–Crippen MR) is 111 cm³/mol. The van der Waals surface area contributed by atoms with E-state index in [0.717, 1.165) is 27.3 Å². The molecule has 26 heavy (non-hydrogen) atoms. The molecule has 1 aromatic carbocycles. The van der Waals surface area contributed by atoms with Gasteiger partial charge in [0.15, 0.2) is 0 Å². The van der Waals surface area contributed by atoms with Crippen molar-refractivity contribution >= 4 is 23.5 Å². The van der Waals surface area contributed by atoms with Crippen LogP contribution < -0.4 is 11.5 Å². The van der Waals surface area contributed by atoms with E-state index < -0.39 is 0 Å². The molecule has 2 aromatic rings. The lowest BCUT2D eigenvalue weighted by atomic mass is 9.78. The normalized spacial score (nSPS) is 12.4. The zero-order valence-electron chi connectivity index (χ0n) is 16.8. The Morgan fingerprint density at radius 1 is 0.962 bits per heavy atom. The molecule has 5 N–H and O–H groups in total. The van der Waals surface area contributed by atoms with Crippen LogP contribution in [0.4, 0.5) is 11.8 Å². The fourth-order valence-corrected chi connectivity index (χ4v) is 3.58. The smallest absolute Gasteiger partial charge is 0.223 e. The lowest BCUT2D eigenvalue weighted by Crippen LogP contribution is -2.18. The van der Waals surface area contributed by atoms with Crippen LogP contribution in [0.5, 0.6) is 5.75 Å². The van der Waals surface area contributed by atoms with Gasteiger partial charge in [-0.05, 0) is 33.8 Å². The van der Waals surface area contributed by atoms with Crippen LogP contribution in [-0.4, -0.2) is 21.3 Å². The summed E-state index contributed by atoms with van der Waals surface area (Å²) in [7, 11) is 0. The fourth-order valence-electron chi connectivity index (χ4n) is 2.98. The lowest BCUT2D eigenvalue weighted by molar-refractivity contribution is 0.423. The Morgan fingerprint density at radius 3 is 1.88 bits per heavy atom. The van der Waals surface area contributed by atoms with E-state index in [-0.39, 0.29) is 16.8 Å². The van der Waals surface area contributed by atoms with Crippen LogP contribution in [-0.2, 0) is 17.3 Å². The molecule has 142 valence electrons. The van der Waals surface area contributed by atoms with E-state index in [1.165, 1.54) is 11.8 Å². The summed E-state index contributed by atoms with van der Waals surface area (Å²) in [5, 5.41) is 11.7. The van der Waals surface area contributed by atoms with E-state index in [2.05, 4.69) is 63.6 Å². The first-order chi connectivity index (χ1) is 11.8. The number of nitrogens with two attached hydrogens (primary N) is 2. The third kappa shape index (κ3) is 4.23. The first kappa shape index (κ1) is 20.4. The molecule has 0 aliphatic heterocycles. The molecule has 5 nitrogen and oxygen atoms in total. The molecule has 0 unspecified atom stereocenters. The Bertz CT molecular complexity index is 785. The van der Waals surface area contributed by atoms with E-state index in [0.29, 0.717) is 18.0 Å². The number of phenols is 1. The van der Waals surface area contributed by atoms with Gasteiger partial charge in [-0.25, -0.2) is 4.98 Å². The van der Waals surface area contributed by atoms with Crippen molar-refractivity contribution < 1.29 is 5.11 Å². The lowest BCUT2D eigenvalue weighted by Gasteiger charge is -2.28. The summed E-state index contributed by atoms with van der Waals surface area (Å²) in [5.41, 5.74) is 15.3. The maximum absolute atomic E-state index is 10.9. The van der Waals surface area contributed by atoms with Crippen molar-refractivity contribution in [2.75, 3.05) is 17.7 Å². The minimum Gasteiger partial charge on any atom is -0.507 e. The zero-order chi connectivity index (χ0) is 19.9. The molecule has 6 heteroatoms. The Labute approximate surface area is 160 Å². The number of thioether (sulfide) groups is 1. The van der Waals surface area contributed by atoms with Gasteiger partial charge in [-0.3, -0.25) is 0 Å². The number of aromatic hydroxyl groups is 1. The van der Waals surface area contributed by atoms with Crippen LogP contribution in [0.1, 0.15) is 63.8 Å². The maximum Gasteiger partial charge on any atom is 0.223 e. The van der Waals surface area contributed by atoms with Gasteiger partial charge in [0.25, 0.3) is 0 Å². The highest BCUT2D eigenvalue weighted by molar-refractivity contribution is 7.98. The molecular weight excluding hydrogens is 344 g/mol. The molecule has 0 atom stereocenters. The first-order valence-electron chi connectivity index (χ1n) is 8.67. The summed E-state index contributed by atoms with van der Waals surface area (Å²) in [6.07, 6.45) is 2.54. The maximum atomic E-state index is 10.9. The van der Waals surface area contributed by atoms with E-state index in [1.807, 2.05) is 6.26 Å². The Hall–Kier alpha value is -1.95. The number of rotatable bonds is 3. The highest BCUT2D eigenvalue weighted by atomic mass is 32.2. The highest BCUT2D eigenvalue weighted by Gasteiger charge is 2.27. The first-order valence-corrected chi connectivity index (χ1v) is 9.89. The van der Waals surface area contributed by atoms with Crippen LogP contribution in [0.25, 0.3) is 0 Å². The van der Waals surface area contributed by atoms with E-state index in [1.54, 1.807) is 0 Å². The Morgan fingerprint density at radius 2 is 1.46 bits per heavy atom. The van der Waals surface area contributed by atoms with Gasteiger partial charge in [0, 0.05) is 12.0 Å². The summed E-state index contributed by atoms with van der Waals surface area (Å²) >= 11 is 1.51. The number of benzene rings is 1. The number of phenolic OH excluding ortho intramolecular Hbond substituents is 1. The Kier molecular flexibility index (Phi) is 5.47. The number of hydrogen-bond donors (Lipinski definition) is 3. The SMILES string of the molecule is CSc1nc(N)nc(N)c1Cc1cc(C(C)(C)C)c(O)c(C(C)(C)C)c1. The average Bonchev–Trinajstić information content (AvgIpc) is 2.48. The summed E-state index contributed by atoms with van der Waals surface area (Å²) in [6, 6.07) is 4.12. The molecule has 1 aromatic heterocycles. The van der Waals surface area contributed by atoms with Crippen molar-refractivity contribution in [3.8, 4) is 5.75 Å². The second-order valence-corrected chi connectivity index (χ2v) is 9.47. The summed E-state index contributed by atoms with van der Waals surface area (Å²) in [4.78, 5) is 8.43. The number of aromatic nitrogens is 2. The molecule has 0 aliphatic carbocycles. The monoisotopic (exact) mass is 374 g/mol. The van der Waals surface area contributed by atoms with Crippen LogP contribution in [0.2, 0.25) is 0 Å². The number of hydrogen-bond acceptors (Lipinski definition) is 6. The van der Waals surface area contributed by atoms with Crippen molar-refractivity contribution in [1.29, 1.82) is 0 Å². The van der Waals surface area contributed by atoms with Gasteiger partial charge in [0.2, 0.25) is 5.95 Å². The van der Waals surface area contributed by atoms with Gasteiger partial charge in [0.1, 0.15) is 16.6 Å². The summed E-state index contributed by atoms with van der Waals surface area (Å²) < 4.78 is 0. The molecule has 0 radical (unpaired) electrons. The number of nitrogen functional groups attached to an aromatic ring is 2. The van der Waals surface area contributed by atoms with Crippen LogP contribution in [0, 0.1) is 0 Å². The largest absolute Gasteiger partial charge is 0.507 e. The minimum atomic E-state index is -0.175. The molecule has 1 heterocycles. The van der Waals surface area contributed by atoms with Gasteiger partial charge < -0.3 is 16.6 Å². The van der Waals surface area contributed by atoms with Gasteiger partial charge in [-0.15, -0.1) is 11.8 Å². The quantitative estimate of drug-likeness (QED) is 0.549. The van der Waals surface area contributed by atoms with Gasteiger partial charge in [0.05, 0.1) is 0 Å². The highest BCUT2D eigenvalue weighted by Crippen LogP contribution is 2.40. The molecule has 0 fully saturated rings. The molecule has 2 rings (SSSR count).